The fourth-order valence-electron chi connectivity index (χ4n) is 1.94. The molecule has 118 valence electrons. The largest absolute Gasteiger partial charge is 0.497 e. The summed E-state index contributed by atoms with van der Waals surface area (Å²) in [6, 6.07) is 5.02. The number of methoxy groups -OCH3 is 2. The van der Waals surface area contributed by atoms with Crippen LogP contribution in [0.15, 0.2) is 18.2 Å². The van der Waals surface area contributed by atoms with Gasteiger partial charge in [-0.3, -0.25) is 9.69 Å². The first-order valence-electron chi connectivity index (χ1n) is 6.86. The molecular formula is C15H25N3O3. The summed E-state index contributed by atoms with van der Waals surface area (Å²) in [4.78, 5) is 14.2. The molecule has 6 heteroatoms. The van der Waals surface area contributed by atoms with Crippen molar-refractivity contribution in [2.24, 2.45) is 0 Å². The summed E-state index contributed by atoms with van der Waals surface area (Å²) in [7, 11) is 5.11. The molecule has 0 heterocycles. The Labute approximate surface area is 126 Å². The lowest BCUT2D eigenvalue weighted by Gasteiger charge is -2.29. The van der Waals surface area contributed by atoms with Crippen LogP contribution in [0.4, 0.5) is 11.4 Å². The molecule has 0 aliphatic heterocycles. The zero-order valence-corrected chi connectivity index (χ0v) is 13.3. The van der Waals surface area contributed by atoms with Gasteiger partial charge in [0.05, 0.1) is 31.1 Å². The lowest BCUT2D eigenvalue weighted by molar-refractivity contribution is -0.121. The van der Waals surface area contributed by atoms with Gasteiger partial charge in [0.1, 0.15) is 5.75 Å². The summed E-state index contributed by atoms with van der Waals surface area (Å²) < 4.78 is 10.2. The standard InChI is InChI=1S/C15H25N3O3/c1-10(9-20-4)18(3)11(2)15(19)17-14-7-6-12(21-5)8-13(14)16/h6-8,10-11H,9,16H2,1-5H3,(H,17,19). The molecule has 0 aliphatic rings. The van der Waals surface area contributed by atoms with E-state index >= 15 is 0 Å². The number of likely N-dealkylation sites (N-methyl/N-ethyl adjacent to an activating group) is 1. The van der Waals surface area contributed by atoms with Gasteiger partial charge in [0.25, 0.3) is 0 Å². The Morgan fingerprint density at radius 1 is 1.38 bits per heavy atom. The molecule has 3 N–H and O–H groups in total. The normalized spacial score (nSPS) is 13.8. The van der Waals surface area contributed by atoms with Crippen LogP contribution in [0.25, 0.3) is 0 Å². The van der Waals surface area contributed by atoms with E-state index in [1.165, 1.54) is 0 Å². The van der Waals surface area contributed by atoms with Gasteiger partial charge in [-0.2, -0.15) is 0 Å². The highest BCUT2D eigenvalue weighted by Gasteiger charge is 2.22. The highest BCUT2D eigenvalue weighted by Crippen LogP contribution is 2.24. The minimum atomic E-state index is -0.295. The first kappa shape index (κ1) is 17.3. The molecule has 6 nitrogen and oxygen atoms in total. The van der Waals surface area contributed by atoms with Gasteiger partial charge in [-0.25, -0.2) is 0 Å². The van der Waals surface area contributed by atoms with Crippen molar-refractivity contribution in [1.82, 2.24) is 4.90 Å². The summed E-state index contributed by atoms with van der Waals surface area (Å²) >= 11 is 0. The van der Waals surface area contributed by atoms with E-state index in [1.807, 2.05) is 25.8 Å². The number of carbonyl (C=O) groups is 1. The van der Waals surface area contributed by atoms with Crippen molar-refractivity contribution in [3.63, 3.8) is 0 Å². The number of hydrogen-bond acceptors (Lipinski definition) is 5. The van der Waals surface area contributed by atoms with E-state index in [0.717, 1.165) is 0 Å². The van der Waals surface area contributed by atoms with E-state index in [9.17, 15) is 4.79 Å². The summed E-state index contributed by atoms with van der Waals surface area (Å²) in [6.07, 6.45) is 0. The summed E-state index contributed by atoms with van der Waals surface area (Å²) in [5.41, 5.74) is 6.96. The molecule has 0 radical (unpaired) electrons. The minimum absolute atomic E-state index is 0.114. The van der Waals surface area contributed by atoms with Crippen LogP contribution in [0.1, 0.15) is 13.8 Å². The van der Waals surface area contributed by atoms with Crippen molar-refractivity contribution in [1.29, 1.82) is 0 Å². The predicted molar refractivity (Wildman–Crippen MR) is 84.6 cm³/mol. The van der Waals surface area contributed by atoms with Crippen LogP contribution >= 0.6 is 0 Å². The number of benzene rings is 1. The van der Waals surface area contributed by atoms with E-state index in [0.29, 0.717) is 23.7 Å². The minimum Gasteiger partial charge on any atom is -0.497 e. The second-order valence-electron chi connectivity index (χ2n) is 5.09. The summed E-state index contributed by atoms with van der Waals surface area (Å²) in [6.45, 7) is 4.43. The van der Waals surface area contributed by atoms with E-state index in [1.54, 1.807) is 32.4 Å². The van der Waals surface area contributed by atoms with Gasteiger partial charge < -0.3 is 20.5 Å². The second kappa shape index (κ2) is 7.85. The quantitative estimate of drug-likeness (QED) is 0.747. The van der Waals surface area contributed by atoms with Crippen molar-refractivity contribution < 1.29 is 14.3 Å². The molecule has 1 rings (SSSR count). The van der Waals surface area contributed by atoms with Crippen molar-refractivity contribution in [2.75, 3.05) is 38.9 Å². The Kier molecular flexibility index (Phi) is 6.45. The zero-order valence-electron chi connectivity index (χ0n) is 13.3. The number of ether oxygens (including phenoxy) is 2. The maximum Gasteiger partial charge on any atom is 0.241 e. The van der Waals surface area contributed by atoms with E-state index < -0.39 is 0 Å². The number of amides is 1. The third-order valence-electron chi connectivity index (χ3n) is 3.61. The number of anilines is 2. The molecule has 1 aromatic carbocycles. The fourth-order valence-corrected chi connectivity index (χ4v) is 1.94. The maximum atomic E-state index is 12.3. The first-order valence-corrected chi connectivity index (χ1v) is 6.86. The summed E-state index contributed by atoms with van der Waals surface area (Å²) in [5, 5.41) is 2.84. The maximum absolute atomic E-state index is 12.3. The molecule has 0 bridgehead atoms. The molecule has 2 atom stereocenters. The van der Waals surface area contributed by atoms with Gasteiger partial charge >= 0.3 is 0 Å². The molecule has 0 saturated heterocycles. The monoisotopic (exact) mass is 295 g/mol. The fraction of sp³-hybridized carbons (Fsp3) is 0.533. The Morgan fingerprint density at radius 3 is 2.57 bits per heavy atom. The van der Waals surface area contributed by atoms with Crippen LogP contribution in [0, 0.1) is 0 Å². The average molecular weight is 295 g/mol. The predicted octanol–water partition coefficient (Wildman–Crippen LogP) is 1.57. The topological polar surface area (TPSA) is 76.8 Å². The molecule has 1 aromatic rings. The van der Waals surface area contributed by atoms with Gasteiger partial charge in [-0.15, -0.1) is 0 Å². The molecule has 21 heavy (non-hydrogen) atoms. The molecule has 0 fully saturated rings. The van der Waals surface area contributed by atoms with Crippen molar-refractivity contribution in [3.05, 3.63) is 18.2 Å². The SMILES string of the molecule is COCC(C)N(C)C(C)C(=O)Nc1ccc(OC)cc1N. The van der Waals surface area contributed by atoms with Crippen LogP contribution in [0.3, 0.4) is 0 Å². The molecule has 0 aliphatic carbocycles. The number of carbonyl (C=O) groups excluding carboxylic acids is 1. The average Bonchev–Trinajstić information content (AvgIpc) is 2.47. The lowest BCUT2D eigenvalue weighted by atomic mass is 10.2. The highest BCUT2D eigenvalue weighted by molar-refractivity contribution is 5.97. The van der Waals surface area contributed by atoms with Gasteiger partial charge in [-0.05, 0) is 33.0 Å². The second-order valence-corrected chi connectivity index (χ2v) is 5.09. The number of rotatable bonds is 7. The van der Waals surface area contributed by atoms with Crippen LogP contribution < -0.4 is 15.8 Å². The van der Waals surface area contributed by atoms with E-state index in [-0.39, 0.29) is 18.0 Å². The lowest BCUT2D eigenvalue weighted by Crippen LogP contribution is -2.45. The third kappa shape index (κ3) is 4.61. The number of nitrogens with one attached hydrogen (secondary N) is 1. The molecule has 0 saturated carbocycles. The molecule has 1 amide bonds. The Balaban J connectivity index is 2.72. The van der Waals surface area contributed by atoms with Gasteiger partial charge in [0, 0.05) is 19.2 Å². The Morgan fingerprint density at radius 2 is 2.05 bits per heavy atom. The van der Waals surface area contributed by atoms with Crippen molar-refractivity contribution in [2.45, 2.75) is 25.9 Å². The van der Waals surface area contributed by atoms with E-state index in [2.05, 4.69) is 5.32 Å². The van der Waals surface area contributed by atoms with Crippen molar-refractivity contribution in [3.8, 4) is 5.75 Å². The smallest absolute Gasteiger partial charge is 0.241 e. The number of nitrogens with zero attached hydrogens (tertiary/aromatic N) is 1. The highest BCUT2D eigenvalue weighted by atomic mass is 16.5. The molecule has 0 aromatic heterocycles. The zero-order chi connectivity index (χ0) is 16.0. The van der Waals surface area contributed by atoms with Crippen LogP contribution in [-0.2, 0) is 9.53 Å². The van der Waals surface area contributed by atoms with E-state index in [4.69, 9.17) is 15.2 Å². The molecule has 0 spiro atoms. The van der Waals surface area contributed by atoms with Crippen molar-refractivity contribution >= 4 is 17.3 Å². The Bertz CT molecular complexity index is 479. The van der Waals surface area contributed by atoms with Gasteiger partial charge in [0.15, 0.2) is 0 Å². The number of nitrogen functional groups attached to an aromatic ring is 1. The van der Waals surface area contributed by atoms with Gasteiger partial charge in [-0.1, -0.05) is 0 Å². The summed E-state index contributed by atoms with van der Waals surface area (Å²) in [5.74, 6) is 0.543. The number of hydrogen-bond donors (Lipinski definition) is 2. The molecule has 2 unspecified atom stereocenters. The third-order valence-corrected chi connectivity index (χ3v) is 3.61. The first-order chi connectivity index (χ1) is 9.90. The van der Waals surface area contributed by atoms with Crippen LogP contribution in [-0.4, -0.2) is 50.8 Å². The Hall–Kier alpha value is -1.79. The van der Waals surface area contributed by atoms with Crippen LogP contribution in [0.5, 0.6) is 5.75 Å². The molecular weight excluding hydrogens is 270 g/mol. The number of nitrogens with two attached hydrogens (primary N) is 1. The van der Waals surface area contributed by atoms with Gasteiger partial charge in [0.2, 0.25) is 5.91 Å². The van der Waals surface area contributed by atoms with Crippen LogP contribution in [0.2, 0.25) is 0 Å².